The minimum atomic E-state index is -1.21. The molecule has 0 saturated carbocycles. The summed E-state index contributed by atoms with van der Waals surface area (Å²) >= 11 is 0. The van der Waals surface area contributed by atoms with E-state index in [1.165, 1.54) is 0 Å². The molecule has 0 aromatic heterocycles. The number of hydrogen-bond acceptors (Lipinski definition) is 2. The number of hydrogen-bond donors (Lipinski definition) is 2. The number of halogens is 3. The predicted octanol–water partition coefficient (Wildman–Crippen LogP) is 3.52. The molecule has 106 valence electrons. The topological polar surface area (TPSA) is 38.0 Å². The monoisotopic (exact) mass is 280 g/mol. The SMILES string of the molecule is Cc1cccc(NC(CN)c2cc(F)c(F)cc2F)c1. The molecule has 2 aromatic rings. The number of rotatable bonds is 4. The second-order valence-electron chi connectivity index (χ2n) is 4.59. The average Bonchev–Trinajstić information content (AvgIpc) is 2.40. The van der Waals surface area contributed by atoms with Crippen molar-refractivity contribution in [1.29, 1.82) is 0 Å². The van der Waals surface area contributed by atoms with Crippen molar-refractivity contribution in [2.75, 3.05) is 11.9 Å². The molecule has 0 aliphatic carbocycles. The fourth-order valence-corrected chi connectivity index (χ4v) is 2.00. The van der Waals surface area contributed by atoms with E-state index in [4.69, 9.17) is 5.73 Å². The molecule has 20 heavy (non-hydrogen) atoms. The molecule has 0 heterocycles. The van der Waals surface area contributed by atoms with Gasteiger partial charge in [0.2, 0.25) is 0 Å². The van der Waals surface area contributed by atoms with Crippen molar-refractivity contribution in [3.63, 3.8) is 0 Å². The number of nitrogens with one attached hydrogen (secondary N) is 1. The molecule has 2 rings (SSSR count). The summed E-state index contributed by atoms with van der Waals surface area (Å²) in [6.07, 6.45) is 0. The summed E-state index contributed by atoms with van der Waals surface area (Å²) in [5.41, 5.74) is 7.37. The predicted molar refractivity (Wildman–Crippen MR) is 72.9 cm³/mol. The average molecular weight is 280 g/mol. The van der Waals surface area contributed by atoms with E-state index in [0.717, 1.165) is 17.3 Å². The van der Waals surface area contributed by atoms with E-state index in [1.807, 2.05) is 25.1 Å². The Balaban J connectivity index is 2.31. The normalized spacial score (nSPS) is 12.2. The molecule has 0 amide bonds. The molecule has 0 spiro atoms. The lowest BCUT2D eigenvalue weighted by Crippen LogP contribution is -2.22. The van der Waals surface area contributed by atoms with Crippen LogP contribution in [0.4, 0.5) is 18.9 Å². The van der Waals surface area contributed by atoms with Crippen molar-refractivity contribution in [1.82, 2.24) is 0 Å². The number of anilines is 1. The van der Waals surface area contributed by atoms with Crippen molar-refractivity contribution in [3.8, 4) is 0 Å². The zero-order chi connectivity index (χ0) is 14.7. The van der Waals surface area contributed by atoms with E-state index in [2.05, 4.69) is 5.32 Å². The molecule has 0 radical (unpaired) electrons. The summed E-state index contributed by atoms with van der Waals surface area (Å²) in [6, 6.07) is 8.16. The Morgan fingerprint density at radius 1 is 1.05 bits per heavy atom. The summed E-state index contributed by atoms with van der Waals surface area (Å²) in [5, 5.41) is 3.02. The molecule has 0 aliphatic heterocycles. The lowest BCUT2D eigenvalue weighted by molar-refractivity contribution is 0.486. The molecule has 5 heteroatoms. The Morgan fingerprint density at radius 2 is 1.75 bits per heavy atom. The maximum Gasteiger partial charge on any atom is 0.161 e. The third-order valence-corrected chi connectivity index (χ3v) is 3.01. The highest BCUT2D eigenvalue weighted by atomic mass is 19.2. The number of nitrogens with two attached hydrogens (primary N) is 1. The third kappa shape index (κ3) is 3.11. The molecule has 1 unspecified atom stereocenters. The standard InChI is InChI=1S/C15H15F3N2/c1-9-3-2-4-10(5-9)20-15(8-19)11-6-13(17)14(18)7-12(11)16/h2-7,15,20H,8,19H2,1H3. The van der Waals surface area contributed by atoms with Crippen molar-refractivity contribution in [2.45, 2.75) is 13.0 Å². The van der Waals surface area contributed by atoms with Crippen LogP contribution in [0.1, 0.15) is 17.2 Å². The molecular weight excluding hydrogens is 265 g/mol. The van der Waals surface area contributed by atoms with Crippen LogP contribution in [0.15, 0.2) is 36.4 Å². The van der Waals surface area contributed by atoms with Gasteiger partial charge in [-0.05, 0) is 30.7 Å². The van der Waals surface area contributed by atoms with E-state index >= 15 is 0 Å². The smallest absolute Gasteiger partial charge is 0.161 e. The molecule has 3 N–H and O–H groups in total. The van der Waals surface area contributed by atoms with Gasteiger partial charge in [-0.25, -0.2) is 13.2 Å². The summed E-state index contributed by atoms with van der Waals surface area (Å²) < 4.78 is 39.9. The van der Waals surface area contributed by atoms with E-state index in [9.17, 15) is 13.2 Å². The Labute approximate surface area is 115 Å². The van der Waals surface area contributed by atoms with Crippen LogP contribution in [-0.4, -0.2) is 6.54 Å². The lowest BCUT2D eigenvalue weighted by Gasteiger charge is -2.19. The summed E-state index contributed by atoms with van der Waals surface area (Å²) in [4.78, 5) is 0. The van der Waals surface area contributed by atoms with Crippen molar-refractivity contribution in [3.05, 3.63) is 65.0 Å². The molecule has 2 nitrogen and oxygen atoms in total. The molecular formula is C15H15F3N2. The fraction of sp³-hybridized carbons (Fsp3) is 0.200. The third-order valence-electron chi connectivity index (χ3n) is 3.01. The molecule has 2 aromatic carbocycles. The molecule has 1 atom stereocenters. The Morgan fingerprint density at radius 3 is 2.40 bits per heavy atom. The largest absolute Gasteiger partial charge is 0.377 e. The summed E-state index contributed by atoms with van der Waals surface area (Å²) in [5.74, 6) is -3.12. The van der Waals surface area contributed by atoms with Gasteiger partial charge in [0, 0.05) is 23.9 Å². The van der Waals surface area contributed by atoms with Crippen LogP contribution in [0, 0.1) is 24.4 Å². The van der Waals surface area contributed by atoms with Gasteiger partial charge < -0.3 is 11.1 Å². The van der Waals surface area contributed by atoms with Crippen molar-refractivity contribution < 1.29 is 13.2 Å². The number of benzene rings is 2. The van der Waals surface area contributed by atoms with Crippen molar-refractivity contribution in [2.24, 2.45) is 5.73 Å². The maximum absolute atomic E-state index is 13.7. The maximum atomic E-state index is 13.7. The molecule has 0 aliphatic rings. The molecule has 0 bridgehead atoms. The minimum Gasteiger partial charge on any atom is -0.377 e. The second-order valence-corrected chi connectivity index (χ2v) is 4.59. The minimum absolute atomic E-state index is 0.00732. The zero-order valence-electron chi connectivity index (χ0n) is 11.0. The Bertz CT molecular complexity index is 614. The van der Waals surface area contributed by atoms with E-state index in [1.54, 1.807) is 6.07 Å². The summed E-state index contributed by atoms with van der Waals surface area (Å²) in [7, 11) is 0. The highest BCUT2D eigenvalue weighted by Crippen LogP contribution is 2.24. The number of aryl methyl sites for hydroxylation is 1. The highest BCUT2D eigenvalue weighted by molar-refractivity contribution is 5.48. The molecule has 0 saturated heterocycles. The van der Waals surface area contributed by atoms with E-state index in [-0.39, 0.29) is 12.1 Å². The first-order valence-electron chi connectivity index (χ1n) is 6.19. The first-order valence-corrected chi connectivity index (χ1v) is 6.19. The van der Waals surface area contributed by atoms with Gasteiger partial charge >= 0.3 is 0 Å². The van der Waals surface area contributed by atoms with Crippen LogP contribution in [0.25, 0.3) is 0 Å². The highest BCUT2D eigenvalue weighted by Gasteiger charge is 2.17. The first-order chi connectivity index (χ1) is 9.51. The van der Waals surface area contributed by atoms with E-state index in [0.29, 0.717) is 6.07 Å². The van der Waals surface area contributed by atoms with Crippen LogP contribution in [0.5, 0.6) is 0 Å². The van der Waals surface area contributed by atoms with Crippen LogP contribution in [0.3, 0.4) is 0 Å². The van der Waals surface area contributed by atoms with Crippen molar-refractivity contribution >= 4 is 5.69 Å². The van der Waals surface area contributed by atoms with Gasteiger partial charge in [0.1, 0.15) is 5.82 Å². The van der Waals surface area contributed by atoms with Gasteiger partial charge in [-0.15, -0.1) is 0 Å². The Kier molecular flexibility index (Phi) is 4.29. The van der Waals surface area contributed by atoms with Gasteiger partial charge in [0.05, 0.1) is 6.04 Å². The van der Waals surface area contributed by atoms with Gasteiger partial charge in [0.25, 0.3) is 0 Å². The van der Waals surface area contributed by atoms with E-state index < -0.39 is 23.5 Å². The van der Waals surface area contributed by atoms with Gasteiger partial charge in [-0.3, -0.25) is 0 Å². The van der Waals surface area contributed by atoms with Crippen LogP contribution in [0.2, 0.25) is 0 Å². The second kappa shape index (κ2) is 5.96. The van der Waals surface area contributed by atoms with Gasteiger partial charge in [-0.1, -0.05) is 12.1 Å². The first kappa shape index (κ1) is 14.4. The quantitative estimate of drug-likeness (QED) is 0.841. The lowest BCUT2D eigenvalue weighted by atomic mass is 10.0. The zero-order valence-corrected chi connectivity index (χ0v) is 11.0. The fourth-order valence-electron chi connectivity index (χ4n) is 2.00. The van der Waals surface area contributed by atoms with Gasteiger partial charge in [0.15, 0.2) is 11.6 Å². The van der Waals surface area contributed by atoms with Crippen LogP contribution in [-0.2, 0) is 0 Å². The van der Waals surface area contributed by atoms with Gasteiger partial charge in [-0.2, -0.15) is 0 Å². The van der Waals surface area contributed by atoms with Crippen LogP contribution < -0.4 is 11.1 Å². The molecule has 0 fully saturated rings. The van der Waals surface area contributed by atoms with Crippen LogP contribution >= 0.6 is 0 Å². The summed E-state index contributed by atoms with van der Waals surface area (Å²) in [6.45, 7) is 1.97. The Hall–Kier alpha value is -2.01.